The molecule has 1 rings (SSSR count). The monoisotopic (exact) mass is 297 g/mol. The Morgan fingerprint density at radius 2 is 2.00 bits per heavy atom. The van der Waals surface area contributed by atoms with Gasteiger partial charge in [0.05, 0.1) is 6.04 Å². The summed E-state index contributed by atoms with van der Waals surface area (Å²) in [6, 6.07) is -1.15. The zero-order valence-corrected chi connectivity index (χ0v) is 13.3. The van der Waals surface area contributed by atoms with Gasteiger partial charge in [-0.05, 0) is 33.1 Å². The van der Waals surface area contributed by atoms with Crippen molar-refractivity contribution in [3.63, 3.8) is 0 Å². The molecule has 0 saturated carbocycles. The van der Waals surface area contributed by atoms with E-state index in [1.807, 2.05) is 6.92 Å². The summed E-state index contributed by atoms with van der Waals surface area (Å²) in [6.45, 7) is 6.29. The normalized spacial score (nSPS) is 19.4. The Hall–Kier alpha value is -1.43. The minimum Gasteiger partial charge on any atom is -0.329 e. The molecular formula is C15H27N3O3. The average molecular weight is 297 g/mol. The van der Waals surface area contributed by atoms with E-state index in [2.05, 4.69) is 0 Å². The molecule has 0 spiro atoms. The van der Waals surface area contributed by atoms with E-state index in [4.69, 9.17) is 5.73 Å². The molecule has 0 radical (unpaired) electrons. The highest BCUT2D eigenvalue weighted by Crippen LogP contribution is 2.20. The number of amides is 3. The number of carbonyl (C=O) groups excluding carboxylic acids is 3. The molecule has 120 valence electrons. The lowest BCUT2D eigenvalue weighted by atomic mass is 10.1. The van der Waals surface area contributed by atoms with Crippen LogP contribution in [-0.2, 0) is 14.4 Å². The molecule has 0 aliphatic carbocycles. The lowest BCUT2D eigenvalue weighted by molar-refractivity contribution is -0.151. The Labute approximate surface area is 126 Å². The molecular weight excluding hydrogens is 270 g/mol. The lowest BCUT2D eigenvalue weighted by Gasteiger charge is -2.29. The Morgan fingerprint density at radius 1 is 1.33 bits per heavy atom. The van der Waals surface area contributed by atoms with E-state index in [0.29, 0.717) is 25.9 Å². The molecule has 1 aliphatic rings. The second kappa shape index (κ2) is 8.12. The van der Waals surface area contributed by atoms with Crippen molar-refractivity contribution < 1.29 is 14.4 Å². The molecule has 1 fully saturated rings. The predicted octanol–water partition coefficient (Wildman–Crippen LogP) is 0.890. The first kappa shape index (κ1) is 17.6. The van der Waals surface area contributed by atoms with Gasteiger partial charge < -0.3 is 10.6 Å². The van der Waals surface area contributed by atoms with E-state index in [0.717, 1.165) is 19.3 Å². The molecule has 0 unspecified atom stereocenters. The van der Waals surface area contributed by atoms with Crippen molar-refractivity contribution in [3.05, 3.63) is 0 Å². The van der Waals surface area contributed by atoms with Crippen molar-refractivity contribution in [2.75, 3.05) is 13.1 Å². The highest BCUT2D eigenvalue weighted by atomic mass is 16.2. The van der Waals surface area contributed by atoms with Crippen LogP contribution in [0.4, 0.5) is 0 Å². The van der Waals surface area contributed by atoms with Crippen LogP contribution in [0.3, 0.4) is 0 Å². The van der Waals surface area contributed by atoms with Crippen molar-refractivity contribution in [2.24, 2.45) is 5.73 Å². The van der Waals surface area contributed by atoms with Crippen molar-refractivity contribution >= 4 is 17.7 Å². The number of nitrogens with two attached hydrogens (primary N) is 1. The van der Waals surface area contributed by atoms with Crippen LogP contribution in [0.25, 0.3) is 0 Å². The van der Waals surface area contributed by atoms with Crippen LogP contribution in [-0.4, -0.2) is 52.7 Å². The summed E-state index contributed by atoms with van der Waals surface area (Å²) < 4.78 is 0. The van der Waals surface area contributed by atoms with Crippen LogP contribution in [0.2, 0.25) is 0 Å². The maximum Gasteiger partial charge on any atom is 0.251 e. The van der Waals surface area contributed by atoms with Crippen LogP contribution in [0.1, 0.15) is 52.9 Å². The van der Waals surface area contributed by atoms with Gasteiger partial charge in [-0.2, -0.15) is 0 Å². The molecule has 0 aromatic carbocycles. The fourth-order valence-electron chi connectivity index (χ4n) is 2.65. The van der Waals surface area contributed by atoms with Gasteiger partial charge in [0.15, 0.2) is 0 Å². The zero-order chi connectivity index (χ0) is 16.0. The van der Waals surface area contributed by atoms with Crippen molar-refractivity contribution in [1.29, 1.82) is 0 Å². The topological polar surface area (TPSA) is 83.7 Å². The maximum absolute atomic E-state index is 12.6. The predicted molar refractivity (Wildman–Crippen MR) is 80.3 cm³/mol. The van der Waals surface area contributed by atoms with Gasteiger partial charge in [-0.1, -0.05) is 13.3 Å². The number of unbranched alkanes of at least 4 members (excludes halogenated alkanes) is 1. The zero-order valence-electron chi connectivity index (χ0n) is 13.3. The SMILES string of the molecule is CCCCC(=O)N(CC)C(=O)[C@@H]1CCCN1C(=O)[C@H](C)N. The number of nitrogens with zero attached hydrogens (tertiary/aromatic N) is 2. The Balaban J connectivity index is 2.79. The van der Waals surface area contributed by atoms with Gasteiger partial charge >= 0.3 is 0 Å². The average Bonchev–Trinajstić information content (AvgIpc) is 2.93. The van der Waals surface area contributed by atoms with E-state index < -0.39 is 12.1 Å². The standard InChI is InChI=1S/C15H27N3O3/c1-4-6-9-13(19)17(5-2)15(21)12-8-7-10-18(12)14(20)11(3)16/h11-12H,4-10,16H2,1-3H3/t11-,12-/m0/s1. The fraction of sp³-hybridized carbons (Fsp3) is 0.800. The number of likely N-dealkylation sites (tertiary alicyclic amines) is 1. The molecule has 6 heteroatoms. The number of hydrogen-bond donors (Lipinski definition) is 1. The van der Waals surface area contributed by atoms with Crippen LogP contribution in [0, 0.1) is 0 Å². The fourth-order valence-corrected chi connectivity index (χ4v) is 2.65. The van der Waals surface area contributed by atoms with Gasteiger partial charge in [0.2, 0.25) is 11.8 Å². The Bertz CT molecular complexity index is 396. The molecule has 0 bridgehead atoms. The third kappa shape index (κ3) is 4.27. The van der Waals surface area contributed by atoms with E-state index >= 15 is 0 Å². The Morgan fingerprint density at radius 3 is 2.52 bits per heavy atom. The number of likely N-dealkylation sites (N-methyl/N-ethyl adjacent to an activating group) is 1. The number of imide groups is 1. The van der Waals surface area contributed by atoms with E-state index in [1.165, 1.54) is 9.80 Å². The first-order valence-corrected chi connectivity index (χ1v) is 7.84. The third-order valence-corrected chi connectivity index (χ3v) is 3.84. The second-order valence-electron chi connectivity index (χ2n) is 5.56. The van der Waals surface area contributed by atoms with Crippen molar-refractivity contribution in [3.8, 4) is 0 Å². The van der Waals surface area contributed by atoms with Gasteiger partial charge in [-0.25, -0.2) is 0 Å². The third-order valence-electron chi connectivity index (χ3n) is 3.84. The summed E-state index contributed by atoms with van der Waals surface area (Å²) in [5, 5.41) is 0. The maximum atomic E-state index is 12.6. The molecule has 6 nitrogen and oxygen atoms in total. The van der Waals surface area contributed by atoms with Gasteiger partial charge in [0, 0.05) is 19.5 Å². The summed E-state index contributed by atoms with van der Waals surface area (Å²) in [5.41, 5.74) is 5.63. The van der Waals surface area contributed by atoms with E-state index in [1.54, 1.807) is 13.8 Å². The molecule has 2 N–H and O–H groups in total. The first-order chi connectivity index (χ1) is 9.93. The van der Waals surface area contributed by atoms with Crippen LogP contribution in [0.15, 0.2) is 0 Å². The highest BCUT2D eigenvalue weighted by Gasteiger charge is 2.38. The number of hydrogen-bond acceptors (Lipinski definition) is 4. The minimum atomic E-state index is -0.621. The molecule has 3 amide bonds. The largest absolute Gasteiger partial charge is 0.329 e. The molecule has 2 atom stereocenters. The summed E-state index contributed by atoms with van der Waals surface area (Å²) in [5.74, 6) is -0.627. The molecule has 1 saturated heterocycles. The minimum absolute atomic E-state index is 0.149. The summed E-state index contributed by atoms with van der Waals surface area (Å²) in [4.78, 5) is 39.6. The van der Waals surface area contributed by atoms with Crippen molar-refractivity contribution in [1.82, 2.24) is 9.80 Å². The number of rotatable bonds is 6. The smallest absolute Gasteiger partial charge is 0.251 e. The Kier molecular flexibility index (Phi) is 6.81. The molecule has 0 aromatic heterocycles. The summed E-state index contributed by atoms with van der Waals surface area (Å²) >= 11 is 0. The molecule has 1 aliphatic heterocycles. The van der Waals surface area contributed by atoms with Crippen LogP contribution >= 0.6 is 0 Å². The van der Waals surface area contributed by atoms with Gasteiger partial charge in [-0.3, -0.25) is 19.3 Å². The van der Waals surface area contributed by atoms with E-state index in [9.17, 15) is 14.4 Å². The lowest BCUT2D eigenvalue weighted by Crippen LogP contribution is -2.52. The first-order valence-electron chi connectivity index (χ1n) is 7.84. The van der Waals surface area contributed by atoms with Gasteiger partial charge in [0.1, 0.15) is 6.04 Å². The van der Waals surface area contributed by atoms with Crippen LogP contribution < -0.4 is 5.73 Å². The number of carbonyl (C=O) groups is 3. The summed E-state index contributed by atoms with van der Waals surface area (Å²) in [6.07, 6.45) is 3.44. The second-order valence-corrected chi connectivity index (χ2v) is 5.56. The van der Waals surface area contributed by atoms with Gasteiger partial charge in [-0.15, -0.1) is 0 Å². The molecule has 0 aromatic rings. The van der Waals surface area contributed by atoms with Crippen LogP contribution in [0.5, 0.6) is 0 Å². The molecule has 1 heterocycles. The highest BCUT2D eigenvalue weighted by molar-refractivity contribution is 5.99. The molecule has 21 heavy (non-hydrogen) atoms. The van der Waals surface area contributed by atoms with Gasteiger partial charge in [0.25, 0.3) is 5.91 Å². The van der Waals surface area contributed by atoms with E-state index in [-0.39, 0.29) is 17.7 Å². The van der Waals surface area contributed by atoms with Crippen molar-refractivity contribution in [2.45, 2.75) is 65.0 Å². The summed E-state index contributed by atoms with van der Waals surface area (Å²) in [7, 11) is 0. The quantitative estimate of drug-likeness (QED) is 0.789.